The van der Waals surface area contributed by atoms with Gasteiger partial charge in [-0.3, -0.25) is 0 Å². The van der Waals surface area contributed by atoms with E-state index < -0.39 is 18.0 Å². The molecule has 2 amide bonds. The predicted molar refractivity (Wildman–Crippen MR) is 77.7 cm³/mol. The SMILES string of the molecule is CCOCC(NC(=O)N[C@H](CC(C)C)C(=O)O)C(C)C. The normalized spacial score (nSPS) is 14.2. The summed E-state index contributed by atoms with van der Waals surface area (Å²) in [5, 5.41) is 14.4. The number of carbonyl (C=O) groups excluding carboxylic acids is 1. The van der Waals surface area contributed by atoms with E-state index in [1.54, 1.807) is 0 Å². The first kappa shape index (κ1) is 18.7. The molecule has 0 aliphatic carbocycles. The van der Waals surface area contributed by atoms with Crippen LogP contribution in [-0.4, -0.2) is 42.4 Å². The lowest BCUT2D eigenvalue weighted by Crippen LogP contribution is -2.51. The molecule has 2 atom stereocenters. The Morgan fingerprint density at radius 3 is 2.15 bits per heavy atom. The highest BCUT2D eigenvalue weighted by atomic mass is 16.5. The molecule has 0 fully saturated rings. The maximum Gasteiger partial charge on any atom is 0.326 e. The molecule has 6 nitrogen and oxygen atoms in total. The standard InChI is InChI=1S/C14H28N2O4/c1-6-20-8-12(10(4)5)16-14(19)15-11(13(17)18)7-9(2)3/h9-12H,6-8H2,1-5H3,(H,17,18)(H2,15,16,19)/t11-,12?/m1/s1. The van der Waals surface area contributed by atoms with Gasteiger partial charge in [0.2, 0.25) is 0 Å². The first-order chi connectivity index (χ1) is 9.27. The number of carboxylic acids is 1. The van der Waals surface area contributed by atoms with E-state index in [2.05, 4.69) is 10.6 Å². The van der Waals surface area contributed by atoms with Gasteiger partial charge in [-0.25, -0.2) is 9.59 Å². The molecule has 0 heterocycles. The summed E-state index contributed by atoms with van der Waals surface area (Å²) in [5.74, 6) is -0.610. The number of urea groups is 1. The van der Waals surface area contributed by atoms with Gasteiger partial charge < -0.3 is 20.5 Å². The van der Waals surface area contributed by atoms with E-state index in [0.717, 1.165) is 0 Å². The molecule has 20 heavy (non-hydrogen) atoms. The van der Waals surface area contributed by atoms with E-state index >= 15 is 0 Å². The molecule has 6 heteroatoms. The van der Waals surface area contributed by atoms with Crippen LogP contribution < -0.4 is 10.6 Å². The fourth-order valence-electron chi connectivity index (χ4n) is 1.71. The van der Waals surface area contributed by atoms with E-state index in [4.69, 9.17) is 9.84 Å². The molecule has 1 unspecified atom stereocenters. The number of nitrogens with one attached hydrogen (secondary N) is 2. The van der Waals surface area contributed by atoms with Gasteiger partial charge in [0, 0.05) is 6.61 Å². The summed E-state index contributed by atoms with van der Waals surface area (Å²) in [5.41, 5.74) is 0. The van der Waals surface area contributed by atoms with Crippen LogP contribution in [0.1, 0.15) is 41.0 Å². The van der Waals surface area contributed by atoms with Crippen molar-refractivity contribution < 1.29 is 19.4 Å². The third-order valence-electron chi connectivity index (χ3n) is 2.93. The smallest absolute Gasteiger partial charge is 0.326 e. The lowest BCUT2D eigenvalue weighted by Gasteiger charge is -2.24. The van der Waals surface area contributed by atoms with Crippen molar-refractivity contribution in [1.82, 2.24) is 10.6 Å². The Kier molecular flexibility index (Phi) is 8.96. The highest BCUT2D eigenvalue weighted by Gasteiger charge is 2.23. The second-order valence-electron chi connectivity index (χ2n) is 5.65. The van der Waals surface area contributed by atoms with E-state index in [1.807, 2.05) is 34.6 Å². The quantitative estimate of drug-likeness (QED) is 0.604. The molecule has 0 aliphatic rings. The van der Waals surface area contributed by atoms with Crippen LogP contribution >= 0.6 is 0 Å². The van der Waals surface area contributed by atoms with Gasteiger partial charge in [-0.2, -0.15) is 0 Å². The largest absolute Gasteiger partial charge is 0.480 e. The Balaban J connectivity index is 4.44. The number of hydrogen-bond acceptors (Lipinski definition) is 3. The van der Waals surface area contributed by atoms with Crippen LogP contribution in [-0.2, 0) is 9.53 Å². The Morgan fingerprint density at radius 1 is 1.15 bits per heavy atom. The van der Waals surface area contributed by atoms with Crippen LogP contribution in [0.5, 0.6) is 0 Å². The molecule has 0 bridgehead atoms. The van der Waals surface area contributed by atoms with Gasteiger partial charge >= 0.3 is 12.0 Å². The van der Waals surface area contributed by atoms with Crippen LogP contribution in [0.2, 0.25) is 0 Å². The number of rotatable bonds is 9. The van der Waals surface area contributed by atoms with Gasteiger partial charge in [0.05, 0.1) is 12.6 Å². The van der Waals surface area contributed by atoms with Gasteiger partial charge in [0.25, 0.3) is 0 Å². The van der Waals surface area contributed by atoms with Gasteiger partial charge in [-0.1, -0.05) is 27.7 Å². The summed E-state index contributed by atoms with van der Waals surface area (Å²) in [6.07, 6.45) is 0.403. The average molecular weight is 288 g/mol. The third-order valence-corrected chi connectivity index (χ3v) is 2.93. The van der Waals surface area contributed by atoms with E-state index in [1.165, 1.54) is 0 Å². The van der Waals surface area contributed by atoms with Crippen LogP contribution in [0.15, 0.2) is 0 Å². The zero-order chi connectivity index (χ0) is 15.7. The van der Waals surface area contributed by atoms with E-state index in [-0.39, 0.29) is 17.9 Å². The minimum atomic E-state index is -1.01. The van der Waals surface area contributed by atoms with Crippen LogP contribution in [0.4, 0.5) is 4.79 Å². The number of hydrogen-bond donors (Lipinski definition) is 3. The summed E-state index contributed by atoms with van der Waals surface area (Å²) in [6, 6.07) is -1.46. The summed E-state index contributed by atoms with van der Waals surface area (Å²) >= 11 is 0. The minimum absolute atomic E-state index is 0.136. The Morgan fingerprint density at radius 2 is 1.75 bits per heavy atom. The van der Waals surface area contributed by atoms with Crippen molar-refractivity contribution in [3.05, 3.63) is 0 Å². The predicted octanol–water partition coefficient (Wildman–Crippen LogP) is 1.85. The molecule has 0 aromatic rings. The molecule has 0 saturated heterocycles. The molecule has 0 spiro atoms. The van der Waals surface area contributed by atoms with Crippen molar-refractivity contribution in [3.8, 4) is 0 Å². The number of carboxylic acid groups (broad SMARTS) is 1. The second-order valence-corrected chi connectivity index (χ2v) is 5.65. The fourth-order valence-corrected chi connectivity index (χ4v) is 1.71. The molecule has 0 aromatic heterocycles. The Labute approximate surface area is 121 Å². The molecule has 0 radical (unpaired) electrons. The highest BCUT2D eigenvalue weighted by molar-refractivity contribution is 5.82. The number of aliphatic carboxylic acids is 1. The zero-order valence-electron chi connectivity index (χ0n) is 13.1. The monoisotopic (exact) mass is 288 g/mol. The van der Waals surface area contributed by atoms with Crippen molar-refractivity contribution >= 4 is 12.0 Å². The Bertz CT molecular complexity index is 306. The van der Waals surface area contributed by atoms with Crippen molar-refractivity contribution in [3.63, 3.8) is 0 Å². The van der Waals surface area contributed by atoms with Crippen molar-refractivity contribution in [1.29, 1.82) is 0 Å². The molecule has 0 rings (SSSR count). The maximum absolute atomic E-state index is 11.9. The summed E-state index contributed by atoms with van der Waals surface area (Å²) in [4.78, 5) is 23.0. The van der Waals surface area contributed by atoms with Crippen molar-refractivity contribution in [2.45, 2.75) is 53.1 Å². The zero-order valence-corrected chi connectivity index (χ0v) is 13.1. The van der Waals surface area contributed by atoms with Gasteiger partial charge in [-0.15, -0.1) is 0 Å². The summed E-state index contributed by atoms with van der Waals surface area (Å²) in [6.45, 7) is 10.7. The van der Waals surface area contributed by atoms with Crippen LogP contribution in [0.3, 0.4) is 0 Å². The topological polar surface area (TPSA) is 87.7 Å². The number of ether oxygens (including phenoxy) is 1. The second kappa shape index (κ2) is 9.58. The molecule has 118 valence electrons. The number of amides is 2. The molecule has 3 N–H and O–H groups in total. The van der Waals surface area contributed by atoms with E-state index in [9.17, 15) is 9.59 Å². The number of carbonyl (C=O) groups is 2. The first-order valence-corrected chi connectivity index (χ1v) is 7.15. The fraction of sp³-hybridized carbons (Fsp3) is 0.857. The summed E-state index contributed by atoms with van der Waals surface area (Å²) < 4.78 is 5.32. The van der Waals surface area contributed by atoms with Crippen LogP contribution in [0.25, 0.3) is 0 Å². The summed E-state index contributed by atoms with van der Waals surface area (Å²) in [7, 11) is 0. The molecule has 0 aliphatic heterocycles. The molecule has 0 aromatic carbocycles. The average Bonchev–Trinajstić information content (AvgIpc) is 2.32. The molecule has 0 saturated carbocycles. The van der Waals surface area contributed by atoms with Crippen LogP contribution in [0, 0.1) is 11.8 Å². The van der Waals surface area contributed by atoms with Gasteiger partial charge in [0.1, 0.15) is 6.04 Å². The van der Waals surface area contributed by atoms with E-state index in [0.29, 0.717) is 19.6 Å². The maximum atomic E-state index is 11.9. The highest BCUT2D eigenvalue weighted by Crippen LogP contribution is 2.06. The van der Waals surface area contributed by atoms with Gasteiger partial charge in [0.15, 0.2) is 0 Å². The first-order valence-electron chi connectivity index (χ1n) is 7.15. The molecular weight excluding hydrogens is 260 g/mol. The Hall–Kier alpha value is -1.30. The van der Waals surface area contributed by atoms with Crippen molar-refractivity contribution in [2.75, 3.05) is 13.2 Å². The molecular formula is C14H28N2O4. The lowest BCUT2D eigenvalue weighted by molar-refractivity contribution is -0.139. The lowest BCUT2D eigenvalue weighted by atomic mass is 10.0. The van der Waals surface area contributed by atoms with Crippen molar-refractivity contribution in [2.24, 2.45) is 11.8 Å². The third kappa shape index (κ3) is 7.99. The minimum Gasteiger partial charge on any atom is -0.480 e. The van der Waals surface area contributed by atoms with Gasteiger partial charge in [-0.05, 0) is 25.2 Å².